The average Bonchev–Trinajstić information content (AvgIpc) is 2.77. The molecule has 0 N–H and O–H groups in total. The first-order valence-electron chi connectivity index (χ1n) is 10.3. The maximum atomic E-state index is 12.7. The maximum Gasteiger partial charge on any atom is 0.339 e. The van der Waals surface area contributed by atoms with Gasteiger partial charge in [-0.15, -0.1) is 0 Å². The van der Waals surface area contributed by atoms with Crippen LogP contribution in [0.25, 0.3) is 11.0 Å². The van der Waals surface area contributed by atoms with Crippen LogP contribution in [0.1, 0.15) is 16.7 Å². The minimum atomic E-state index is -0.348. The first-order valence-corrected chi connectivity index (χ1v) is 10.7. The van der Waals surface area contributed by atoms with E-state index in [2.05, 4.69) is 4.90 Å². The van der Waals surface area contributed by atoms with Gasteiger partial charge in [-0.3, -0.25) is 4.79 Å². The summed E-state index contributed by atoms with van der Waals surface area (Å²) >= 11 is 6.08. The molecule has 0 spiro atoms. The van der Waals surface area contributed by atoms with Crippen LogP contribution >= 0.6 is 11.6 Å². The van der Waals surface area contributed by atoms with Crippen molar-refractivity contribution in [3.63, 3.8) is 0 Å². The number of benzene rings is 2. The molecule has 0 aliphatic carbocycles. The summed E-state index contributed by atoms with van der Waals surface area (Å²) in [6.07, 6.45) is 0. The van der Waals surface area contributed by atoms with Gasteiger partial charge in [0.1, 0.15) is 11.3 Å². The first kappa shape index (κ1) is 21.2. The van der Waals surface area contributed by atoms with Gasteiger partial charge < -0.3 is 19.0 Å². The van der Waals surface area contributed by atoms with Crippen LogP contribution < -0.4 is 15.3 Å². The largest absolute Gasteiger partial charge is 0.483 e. The lowest BCUT2D eigenvalue weighted by Crippen LogP contribution is -2.50. The van der Waals surface area contributed by atoms with Gasteiger partial charge in [-0.05, 0) is 56.7 Å². The highest BCUT2D eigenvalue weighted by Gasteiger charge is 2.22. The minimum Gasteiger partial charge on any atom is -0.483 e. The zero-order valence-electron chi connectivity index (χ0n) is 17.9. The van der Waals surface area contributed by atoms with E-state index in [4.69, 9.17) is 20.8 Å². The molecule has 7 heteroatoms. The van der Waals surface area contributed by atoms with E-state index in [9.17, 15) is 9.59 Å². The summed E-state index contributed by atoms with van der Waals surface area (Å²) in [7, 11) is 0. The molecule has 0 unspecified atom stereocenters. The summed E-state index contributed by atoms with van der Waals surface area (Å²) in [6, 6.07) is 11.4. The van der Waals surface area contributed by atoms with Gasteiger partial charge in [0.05, 0.1) is 0 Å². The second-order valence-corrected chi connectivity index (χ2v) is 8.28. The number of anilines is 1. The van der Waals surface area contributed by atoms with Crippen molar-refractivity contribution in [1.29, 1.82) is 0 Å². The molecule has 1 saturated heterocycles. The molecule has 1 aromatic heterocycles. The Morgan fingerprint density at radius 1 is 1.03 bits per heavy atom. The van der Waals surface area contributed by atoms with Crippen LogP contribution in [0.15, 0.2) is 45.6 Å². The van der Waals surface area contributed by atoms with Gasteiger partial charge in [-0.1, -0.05) is 17.7 Å². The molecule has 2 aromatic carbocycles. The van der Waals surface area contributed by atoms with Crippen molar-refractivity contribution < 1.29 is 13.9 Å². The van der Waals surface area contributed by atoms with Crippen molar-refractivity contribution in [2.45, 2.75) is 20.8 Å². The lowest BCUT2D eigenvalue weighted by atomic mass is 10.0. The molecule has 0 bridgehead atoms. The Hall–Kier alpha value is -2.99. The molecule has 1 amide bonds. The van der Waals surface area contributed by atoms with Gasteiger partial charge in [0.15, 0.2) is 6.61 Å². The van der Waals surface area contributed by atoms with Crippen LogP contribution in [0.5, 0.6) is 5.75 Å². The fraction of sp³-hybridized carbons (Fsp3) is 0.333. The molecular formula is C24H25ClN2O4. The lowest BCUT2D eigenvalue weighted by molar-refractivity contribution is -0.133. The molecule has 4 rings (SSSR count). The molecule has 1 aliphatic heterocycles. The van der Waals surface area contributed by atoms with Gasteiger partial charge in [0.25, 0.3) is 5.91 Å². The highest BCUT2D eigenvalue weighted by Crippen LogP contribution is 2.29. The van der Waals surface area contributed by atoms with E-state index in [0.717, 1.165) is 35.3 Å². The molecule has 6 nitrogen and oxygen atoms in total. The molecule has 162 valence electrons. The number of hydrogen-bond donors (Lipinski definition) is 0. The Morgan fingerprint density at radius 3 is 2.48 bits per heavy atom. The number of carbonyl (C=O) groups excluding carboxylic acids is 1. The van der Waals surface area contributed by atoms with E-state index in [0.29, 0.717) is 35.0 Å². The smallest absolute Gasteiger partial charge is 0.339 e. The van der Waals surface area contributed by atoms with Gasteiger partial charge in [0, 0.05) is 53.4 Å². The molecular weight excluding hydrogens is 416 g/mol. The second kappa shape index (κ2) is 8.63. The van der Waals surface area contributed by atoms with Crippen LogP contribution in [0.4, 0.5) is 5.69 Å². The summed E-state index contributed by atoms with van der Waals surface area (Å²) in [4.78, 5) is 28.8. The van der Waals surface area contributed by atoms with Crippen molar-refractivity contribution in [2.75, 3.05) is 37.7 Å². The summed E-state index contributed by atoms with van der Waals surface area (Å²) in [6.45, 7) is 8.17. The predicted octanol–water partition coefficient (Wildman–Crippen LogP) is 4.10. The normalized spacial score (nSPS) is 14.2. The predicted molar refractivity (Wildman–Crippen MR) is 122 cm³/mol. The zero-order valence-corrected chi connectivity index (χ0v) is 18.7. The van der Waals surface area contributed by atoms with Crippen molar-refractivity contribution in [3.05, 3.63) is 68.5 Å². The van der Waals surface area contributed by atoms with Crippen molar-refractivity contribution in [3.8, 4) is 5.75 Å². The third-order valence-electron chi connectivity index (χ3n) is 5.98. The van der Waals surface area contributed by atoms with Crippen LogP contribution in [0.2, 0.25) is 5.02 Å². The standard InChI is InChI=1S/C24H25ClN2O4/c1-15-16(2)24(29)31-23-17(3)21(8-7-20(15)23)30-14-22(28)27-11-9-26(10-12-27)19-6-4-5-18(25)13-19/h4-8,13H,9-12,14H2,1-3H3. The number of ether oxygens (including phenoxy) is 1. The number of carbonyl (C=O) groups is 1. The fourth-order valence-electron chi connectivity index (χ4n) is 3.90. The first-order chi connectivity index (χ1) is 14.8. The Bertz CT molecular complexity index is 1200. The zero-order chi connectivity index (χ0) is 22.1. The average molecular weight is 441 g/mol. The maximum absolute atomic E-state index is 12.7. The van der Waals surface area contributed by atoms with Crippen LogP contribution in [-0.4, -0.2) is 43.6 Å². The van der Waals surface area contributed by atoms with E-state index in [-0.39, 0.29) is 18.1 Å². The van der Waals surface area contributed by atoms with Crippen molar-refractivity contribution in [2.24, 2.45) is 0 Å². The molecule has 3 aromatic rings. The van der Waals surface area contributed by atoms with Crippen molar-refractivity contribution >= 4 is 34.2 Å². The number of nitrogens with zero attached hydrogens (tertiary/aromatic N) is 2. The Labute approximate surface area is 186 Å². The van der Waals surface area contributed by atoms with Crippen molar-refractivity contribution in [1.82, 2.24) is 4.90 Å². The van der Waals surface area contributed by atoms with E-state index in [1.165, 1.54) is 0 Å². The molecule has 1 aliphatic rings. The van der Waals surface area contributed by atoms with Crippen LogP contribution in [-0.2, 0) is 4.79 Å². The number of hydrogen-bond acceptors (Lipinski definition) is 5. The van der Waals surface area contributed by atoms with Crippen LogP contribution in [0, 0.1) is 20.8 Å². The second-order valence-electron chi connectivity index (χ2n) is 7.84. The molecule has 1 fully saturated rings. The summed E-state index contributed by atoms with van der Waals surface area (Å²) < 4.78 is 11.3. The van der Waals surface area contributed by atoms with Gasteiger partial charge in [-0.25, -0.2) is 4.79 Å². The minimum absolute atomic E-state index is 0.0570. The summed E-state index contributed by atoms with van der Waals surface area (Å²) in [5.41, 5.74) is 3.44. The number of rotatable bonds is 4. The Balaban J connectivity index is 1.40. The monoisotopic (exact) mass is 440 g/mol. The molecule has 0 radical (unpaired) electrons. The topological polar surface area (TPSA) is 63.0 Å². The third-order valence-corrected chi connectivity index (χ3v) is 6.22. The van der Waals surface area contributed by atoms with Gasteiger partial charge in [-0.2, -0.15) is 0 Å². The molecule has 31 heavy (non-hydrogen) atoms. The Kier molecular flexibility index (Phi) is 5.92. The summed E-state index contributed by atoms with van der Waals surface area (Å²) in [5.74, 6) is 0.483. The highest BCUT2D eigenvalue weighted by atomic mass is 35.5. The Morgan fingerprint density at radius 2 is 1.77 bits per heavy atom. The molecule has 2 heterocycles. The van der Waals surface area contributed by atoms with Crippen LogP contribution in [0.3, 0.4) is 0 Å². The van der Waals surface area contributed by atoms with E-state index < -0.39 is 0 Å². The van der Waals surface area contributed by atoms with Gasteiger partial charge in [0.2, 0.25) is 0 Å². The number of aryl methyl sites for hydroxylation is 2. The van der Waals surface area contributed by atoms with E-state index in [1.54, 1.807) is 6.92 Å². The number of amides is 1. The highest BCUT2D eigenvalue weighted by molar-refractivity contribution is 6.30. The number of halogens is 1. The summed E-state index contributed by atoms with van der Waals surface area (Å²) in [5, 5.41) is 1.58. The molecule has 0 atom stereocenters. The SMILES string of the molecule is Cc1c(C)c2ccc(OCC(=O)N3CCN(c4cccc(Cl)c4)CC3)c(C)c2oc1=O. The fourth-order valence-corrected chi connectivity index (χ4v) is 4.08. The number of piperazine rings is 1. The van der Waals surface area contributed by atoms with Gasteiger partial charge >= 0.3 is 5.63 Å². The quantitative estimate of drug-likeness (QED) is 0.571. The lowest BCUT2D eigenvalue weighted by Gasteiger charge is -2.36. The molecule has 0 saturated carbocycles. The van der Waals surface area contributed by atoms with E-state index in [1.807, 2.05) is 55.1 Å². The number of fused-ring (bicyclic) bond motifs is 1. The van der Waals surface area contributed by atoms with E-state index >= 15 is 0 Å². The third kappa shape index (κ3) is 4.26.